The highest BCUT2D eigenvalue weighted by atomic mass is 16.8. The molecule has 0 aromatic rings. The Bertz CT molecular complexity index is 478. The molecule has 6 heteroatoms. The maximum absolute atomic E-state index is 12.2. The van der Waals surface area contributed by atoms with Crippen molar-refractivity contribution < 1.29 is 28.9 Å². The Morgan fingerprint density at radius 1 is 1.38 bits per heavy atom. The third kappa shape index (κ3) is 6.14. The molecule has 1 saturated heterocycles. The van der Waals surface area contributed by atoms with Gasteiger partial charge in [0.2, 0.25) is 0 Å². The molecular formula is C18H28O6. The maximum Gasteiger partial charge on any atom is 0.307 e. The van der Waals surface area contributed by atoms with Crippen molar-refractivity contribution in [3.05, 3.63) is 0 Å². The number of carboxylic acids is 1. The lowest BCUT2D eigenvalue weighted by atomic mass is 9.85. The molecule has 1 rings (SSSR count). The molecule has 0 amide bonds. The molecule has 0 radical (unpaired) electrons. The van der Waals surface area contributed by atoms with E-state index in [4.69, 9.17) is 25.7 Å². The van der Waals surface area contributed by atoms with Gasteiger partial charge in [0.25, 0.3) is 0 Å². The van der Waals surface area contributed by atoms with Gasteiger partial charge < -0.3 is 19.3 Å². The lowest BCUT2D eigenvalue weighted by Crippen LogP contribution is -2.48. The Labute approximate surface area is 143 Å². The summed E-state index contributed by atoms with van der Waals surface area (Å²) in [6, 6.07) is 0. The predicted molar refractivity (Wildman–Crippen MR) is 88.2 cm³/mol. The number of rotatable bonds is 10. The van der Waals surface area contributed by atoms with E-state index in [1.54, 1.807) is 0 Å². The van der Waals surface area contributed by atoms with E-state index >= 15 is 0 Å². The van der Waals surface area contributed by atoms with Crippen molar-refractivity contribution in [2.75, 3.05) is 6.61 Å². The van der Waals surface area contributed by atoms with Gasteiger partial charge in [-0.15, -0.1) is 12.3 Å². The lowest BCUT2D eigenvalue weighted by Gasteiger charge is -2.38. The second kappa shape index (κ2) is 9.05. The summed E-state index contributed by atoms with van der Waals surface area (Å²) < 4.78 is 17.4. The third-order valence-corrected chi connectivity index (χ3v) is 4.10. The van der Waals surface area contributed by atoms with E-state index in [2.05, 4.69) is 5.92 Å². The normalized spacial score (nSPS) is 21.7. The second-order valence-electron chi connectivity index (χ2n) is 6.56. The zero-order chi connectivity index (χ0) is 18.2. The summed E-state index contributed by atoms with van der Waals surface area (Å²) in [5.41, 5.74) is -0.883. The van der Waals surface area contributed by atoms with E-state index < -0.39 is 29.4 Å². The quantitative estimate of drug-likeness (QED) is 0.486. The van der Waals surface area contributed by atoms with Crippen LogP contribution in [0.1, 0.15) is 65.7 Å². The first kappa shape index (κ1) is 20.5. The Balaban J connectivity index is 2.95. The van der Waals surface area contributed by atoms with Gasteiger partial charge in [0.15, 0.2) is 5.79 Å². The van der Waals surface area contributed by atoms with Crippen molar-refractivity contribution in [3.8, 4) is 12.3 Å². The van der Waals surface area contributed by atoms with Crippen molar-refractivity contribution in [2.45, 2.75) is 83.2 Å². The van der Waals surface area contributed by atoms with Crippen LogP contribution in [0.25, 0.3) is 0 Å². The fourth-order valence-electron chi connectivity index (χ4n) is 2.81. The molecule has 0 aliphatic carbocycles. The Kier molecular flexibility index (Phi) is 7.71. The Hall–Kier alpha value is -1.58. The monoisotopic (exact) mass is 340 g/mol. The summed E-state index contributed by atoms with van der Waals surface area (Å²) in [6.45, 7) is 5.98. The van der Waals surface area contributed by atoms with Gasteiger partial charge in [-0.25, -0.2) is 0 Å². The molecule has 1 aliphatic rings. The molecule has 0 bridgehead atoms. The van der Waals surface area contributed by atoms with E-state index in [-0.39, 0.29) is 12.8 Å². The Morgan fingerprint density at radius 3 is 2.58 bits per heavy atom. The average molecular weight is 340 g/mol. The summed E-state index contributed by atoms with van der Waals surface area (Å²) in [5.74, 6) is 0.267. The SMILES string of the molecule is C#CCC[C@@](CCCC)(OC(=O)CCC(=O)O)[C@@H]1COC(C)(C)O1. The minimum atomic E-state index is -1.03. The van der Waals surface area contributed by atoms with Crippen LogP contribution in [0.3, 0.4) is 0 Å². The van der Waals surface area contributed by atoms with Crippen molar-refractivity contribution in [1.29, 1.82) is 0 Å². The number of unbranched alkanes of at least 4 members (excludes halogenated alkanes) is 1. The van der Waals surface area contributed by atoms with Crippen LogP contribution in [0.4, 0.5) is 0 Å². The molecule has 0 unspecified atom stereocenters. The van der Waals surface area contributed by atoms with Crippen LogP contribution < -0.4 is 0 Å². The van der Waals surface area contributed by atoms with E-state index in [0.29, 0.717) is 25.9 Å². The zero-order valence-corrected chi connectivity index (χ0v) is 14.8. The van der Waals surface area contributed by atoms with E-state index in [1.807, 2.05) is 20.8 Å². The minimum absolute atomic E-state index is 0.170. The van der Waals surface area contributed by atoms with Crippen molar-refractivity contribution >= 4 is 11.9 Å². The summed E-state index contributed by atoms with van der Waals surface area (Å²) >= 11 is 0. The molecular weight excluding hydrogens is 312 g/mol. The van der Waals surface area contributed by atoms with Crippen molar-refractivity contribution in [1.82, 2.24) is 0 Å². The van der Waals surface area contributed by atoms with E-state index in [9.17, 15) is 9.59 Å². The van der Waals surface area contributed by atoms with Gasteiger partial charge in [0, 0.05) is 12.8 Å². The number of carbonyl (C=O) groups excluding carboxylic acids is 1. The molecule has 0 aromatic heterocycles. The van der Waals surface area contributed by atoms with Gasteiger partial charge in [-0.05, 0) is 26.7 Å². The Morgan fingerprint density at radius 2 is 2.08 bits per heavy atom. The van der Waals surface area contributed by atoms with E-state index in [1.165, 1.54) is 0 Å². The summed E-state index contributed by atoms with van der Waals surface area (Å²) in [7, 11) is 0. The smallest absolute Gasteiger partial charge is 0.307 e. The number of carboxylic acid groups (broad SMARTS) is 1. The number of terminal acetylenes is 1. The molecule has 1 fully saturated rings. The van der Waals surface area contributed by atoms with Crippen LogP contribution in [0, 0.1) is 12.3 Å². The molecule has 0 spiro atoms. The van der Waals surface area contributed by atoms with Gasteiger partial charge >= 0.3 is 11.9 Å². The lowest BCUT2D eigenvalue weighted by molar-refractivity contribution is -0.197. The minimum Gasteiger partial charge on any atom is -0.481 e. The van der Waals surface area contributed by atoms with Crippen LogP contribution in [0.2, 0.25) is 0 Å². The van der Waals surface area contributed by atoms with Crippen LogP contribution in [0.5, 0.6) is 0 Å². The van der Waals surface area contributed by atoms with Crippen molar-refractivity contribution in [3.63, 3.8) is 0 Å². The highest BCUT2D eigenvalue weighted by molar-refractivity contribution is 5.76. The van der Waals surface area contributed by atoms with Crippen molar-refractivity contribution in [2.24, 2.45) is 0 Å². The standard InChI is InChI=1S/C18H28O6/c1-5-7-11-18(12-8-6-2,14-13-22-17(3,4)23-14)24-16(21)10-9-15(19)20/h1,14H,6-13H2,2-4H3,(H,19,20)/t14-,18-/m0/s1. The van der Waals surface area contributed by atoms with E-state index in [0.717, 1.165) is 12.8 Å². The second-order valence-corrected chi connectivity index (χ2v) is 6.56. The molecule has 24 heavy (non-hydrogen) atoms. The summed E-state index contributed by atoms with van der Waals surface area (Å²) in [6.07, 6.45) is 7.85. The molecule has 1 heterocycles. The molecule has 6 nitrogen and oxygen atoms in total. The van der Waals surface area contributed by atoms with Crippen LogP contribution in [-0.2, 0) is 23.8 Å². The maximum atomic E-state index is 12.2. The largest absolute Gasteiger partial charge is 0.481 e. The number of aliphatic carboxylic acids is 1. The van der Waals surface area contributed by atoms with Gasteiger partial charge in [0.05, 0.1) is 19.4 Å². The fraction of sp³-hybridized carbons (Fsp3) is 0.778. The van der Waals surface area contributed by atoms with Crippen LogP contribution in [0.15, 0.2) is 0 Å². The number of esters is 1. The molecule has 0 saturated carbocycles. The highest BCUT2D eigenvalue weighted by Gasteiger charge is 2.49. The molecule has 2 atom stereocenters. The first-order valence-corrected chi connectivity index (χ1v) is 8.43. The zero-order valence-electron chi connectivity index (χ0n) is 14.8. The number of hydrogen-bond acceptors (Lipinski definition) is 5. The third-order valence-electron chi connectivity index (χ3n) is 4.10. The van der Waals surface area contributed by atoms with Gasteiger partial charge in [-0.2, -0.15) is 0 Å². The molecule has 136 valence electrons. The number of hydrogen-bond donors (Lipinski definition) is 1. The summed E-state index contributed by atoms with van der Waals surface area (Å²) in [4.78, 5) is 22.8. The number of ether oxygens (including phenoxy) is 3. The first-order chi connectivity index (χ1) is 11.2. The molecule has 1 N–H and O–H groups in total. The van der Waals surface area contributed by atoms with Gasteiger partial charge in [0.1, 0.15) is 11.7 Å². The number of carbonyl (C=O) groups is 2. The summed E-state index contributed by atoms with van der Waals surface area (Å²) in [5, 5.41) is 8.74. The average Bonchev–Trinajstić information content (AvgIpc) is 2.88. The fourth-order valence-corrected chi connectivity index (χ4v) is 2.81. The predicted octanol–water partition coefficient (Wildman–Crippen LogP) is 2.89. The van der Waals surface area contributed by atoms with Gasteiger partial charge in [-0.1, -0.05) is 13.3 Å². The van der Waals surface area contributed by atoms with Gasteiger partial charge in [-0.3, -0.25) is 9.59 Å². The first-order valence-electron chi connectivity index (χ1n) is 8.43. The highest BCUT2D eigenvalue weighted by Crippen LogP contribution is 2.38. The van der Waals surface area contributed by atoms with Crippen LogP contribution >= 0.6 is 0 Å². The topological polar surface area (TPSA) is 82.1 Å². The molecule has 0 aromatic carbocycles. The van der Waals surface area contributed by atoms with Crippen LogP contribution in [-0.4, -0.2) is 41.1 Å². The molecule has 1 aliphatic heterocycles.